The Balaban J connectivity index is 1.70. The Hall–Kier alpha value is -3.66. The number of carbonyl (C=O) groups excluding carboxylic acids is 3. The van der Waals surface area contributed by atoms with Gasteiger partial charge in [0, 0.05) is 4.90 Å². The van der Waals surface area contributed by atoms with Gasteiger partial charge < -0.3 is 24.1 Å². The number of aliphatic hydroxyl groups excluding tert-OH is 1. The van der Waals surface area contributed by atoms with Gasteiger partial charge in [0.15, 0.2) is 18.3 Å². The molecule has 0 aliphatic carbocycles. The lowest BCUT2D eigenvalue weighted by Crippen LogP contribution is -2.61. The van der Waals surface area contributed by atoms with Gasteiger partial charge >= 0.3 is 17.9 Å². The largest absolute Gasteiger partial charge is 0.467 e. The lowest BCUT2D eigenvalue weighted by Gasteiger charge is -2.42. The van der Waals surface area contributed by atoms with Crippen molar-refractivity contribution in [3.8, 4) is 0 Å². The highest BCUT2D eigenvalue weighted by molar-refractivity contribution is 7.99. The molecular formula is C27H24O8S. The van der Waals surface area contributed by atoms with Gasteiger partial charge in [-0.2, -0.15) is 0 Å². The van der Waals surface area contributed by atoms with E-state index in [1.54, 1.807) is 60.7 Å². The highest BCUT2D eigenvalue weighted by Gasteiger charge is 2.53. The van der Waals surface area contributed by atoms with Crippen LogP contribution in [0.25, 0.3) is 0 Å². The number of carbonyl (C=O) groups is 3. The average molecular weight is 509 g/mol. The number of ether oxygens (including phenoxy) is 4. The second-order valence-electron chi connectivity index (χ2n) is 7.84. The predicted molar refractivity (Wildman–Crippen MR) is 130 cm³/mol. The number of rotatable bonds is 7. The van der Waals surface area contributed by atoms with Gasteiger partial charge in [-0.15, -0.1) is 0 Å². The molecule has 0 bridgehead atoms. The Morgan fingerprint density at radius 2 is 1.22 bits per heavy atom. The van der Waals surface area contributed by atoms with Gasteiger partial charge in [0.2, 0.25) is 0 Å². The molecule has 0 aromatic heterocycles. The third kappa shape index (κ3) is 5.93. The van der Waals surface area contributed by atoms with Crippen LogP contribution in [0.2, 0.25) is 0 Å². The Labute approximate surface area is 212 Å². The summed E-state index contributed by atoms with van der Waals surface area (Å²) >= 11 is 1.16. The van der Waals surface area contributed by atoms with Crippen LogP contribution in [-0.2, 0) is 23.7 Å². The minimum absolute atomic E-state index is 0.228. The summed E-state index contributed by atoms with van der Waals surface area (Å²) in [6, 6.07) is 25.5. The van der Waals surface area contributed by atoms with E-state index in [2.05, 4.69) is 0 Å². The fourth-order valence-corrected chi connectivity index (χ4v) is 4.76. The molecule has 1 aliphatic rings. The van der Waals surface area contributed by atoms with Crippen LogP contribution in [0.4, 0.5) is 0 Å². The van der Waals surface area contributed by atoms with Crippen LogP contribution >= 0.6 is 11.8 Å². The van der Waals surface area contributed by atoms with Gasteiger partial charge in [-0.3, -0.25) is 0 Å². The number of esters is 3. The van der Waals surface area contributed by atoms with Crippen LogP contribution < -0.4 is 0 Å². The first-order valence-electron chi connectivity index (χ1n) is 11.1. The molecule has 1 aliphatic heterocycles. The summed E-state index contributed by atoms with van der Waals surface area (Å²) in [5, 5.41) is 11.1. The fourth-order valence-electron chi connectivity index (χ4n) is 3.65. The van der Waals surface area contributed by atoms with Gasteiger partial charge in [-0.1, -0.05) is 66.4 Å². The standard InChI is InChI=1S/C27H24O8S/c1-32-26(31)22-20(28)21(33-24(29)17-11-5-2-6-12-17)23(34-25(30)18-13-7-3-8-14-18)27(35-22)36-19-15-9-4-10-16-19/h2-16,20-23,27-28H,1H3/t20-,21-,22-,23+,27-/m0/s1. The van der Waals surface area contributed by atoms with Crippen molar-refractivity contribution < 1.29 is 38.4 Å². The van der Waals surface area contributed by atoms with E-state index in [-0.39, 0.29) is 11.1 Å². The number of hydrogen-bond donors (Lipinski definition) is 1. The third-order valence-electron chi connectivity index (χ3n) is 5.45. The molecule has 1 N–H and O–H groups in total. The molecule has 0 saturated carbocycles. The molecule has 1 saturated heterocycles. The maximum atomic E-state index is 13.0. The number of aliphatic hydroxyl groups is 1. The zero-order chi connectivity index (χ0) is 25.5. The summed E-state index contributed by atoms with van der Waals surface area (Å²) in [6.45, 7) is 0. The first kappa shape index (κ1) is 25.4. The molecule has 0 unspecified atom stereocenters. The van der Waals surface area contributed by atoms with Gasteiger partial charge in [0.25, 0.3) is 0 Å². The topological polar surface area (TPSA) is 108 Å². The molecule has 1 heterocycles. The molecule has 186 valence electrons. The minimum Gasteiger partial charge on any atom is -0.467 e. The summed E-state index contributed by atoms with van der Waals surface area (Å²) in [4.78, 5) is 39.1. The van der Waals surface area contributed by atoms with Crippen molar-refractivity contribution in [3.63, 3.8) is 0 Å². The monoisotopic (exact) mass is 508 g/mol. The summed E-state index contributed by atoms with van der Waals surface area (Å²) in [7, 11) is 1.16. The van der Waals surface area contributed by atoms with Crippen LogP contribution in [0.15, 0.2) is 95.9 Å². The Kier molecular flexibility index (Phi) is 8.37. The molecule has 5 atom stereocenters. The third-order valence-corrected chi connectivity index (χ3v) is 6.61. The lowest BCUT2D eigenvalue weighted by atomic mass is 9.99. The molecule has 0 radical (unpaired) electrons. The Morgan fingerprint density at radius 1 is 0.750 bits per heavy atom. The van der Waals surface area contributed by atoms with Crippen molar-refractivity contribution >= 4 is 29.7 Å². The van der Waals surface area contributed by atoms with Crippen molar-refractivity contribution in [2.45, 2.75) is 34.7 Å². The predicted octanol–water partition coefficient (Wildman–Crippen LogP) is 3.49. The summed E-state index contributed by atoms with van der Waals surface area (Å²) in [6.07, 6.45) is -5.82. The van der Waals surface area contributed by atoms with Crippen molar-refractivity contribution in [1.82, 2.24) is 0 Å². The molecule has 8 nitrogen and oxygen atoms in total. The Bertz CT molecular complexity index is 1170. The summed E-state index contributed by atoms with van der Waals surface area (Å²) in [5.74, 6) is -2.31. The highest BCUT2D eigenvalue weighted by atomic mass is 32.2. The molecule has 3 aromatic carbocycles. The van der Waals surface area contributed by atoms with E-state index in [0.717, 1.165) is 23.8 Å². The van der Waals surface area contributed by atoms with E-state index < -0.39 is 47.8 Å². The summed E-state index contributed by atoms with van der Waals surface area (Å²) < 4.78 is 22.1. The minimum atomic E-state index is -1.66. The van der Waals surface area contributed by atoms with Crippen molar-refractivity contribution in [2.24, 2.45) is 0 Å². The van der Waals surface area contributed by atoms with Crippen LogP contribution in [0.1, 0.15) is 20.7 Å². The van der Waals surface area contributed by atoms with E-state index in [4.69, 9.17) is 18.9 Å². The maximum absolute atomic E-state index is 13.0. The molecule has 36 heavy (non-hydrogen) atoms. The molecule has 4 rings (SSSR count). The van der Waals surface area contributed by atoms with Gasteiger partial charge in [0.05, 0.1) is 18.2 Å². The van der Waals surface area contributed by atoms with E-state index in [9.17, 15) is 19.5 Å². The van der Waals surface area contributed by atoms with Crippen LogP contribution in [0, 0.1) is 0 Å². The molecule has 0 spiro atoms. The SMILES string of the molecule is COC(=O)[C@H]1O[C@@H](Sc2ccccc2)[C@H](OC(=O)c2ccccc2)[C@@H](OC(=O)c2ccccc2)[C@@H]1O. The normalized spacial score (nSPS) is 23.3. The average Bonchev–Trinajstić information content (AvgIpc) is 2.93. The second-order valence-corrected chi connectivity index (χ2v) is 9.01. The number of hydrogen-bond acceptors (Lipinski definition) is 9. The van der Waals surface area contributed by atoms with Crippen molar-refractivity contribution in [1.29, 1.82) is 0 Å². The molecular weight excluding hydrogens is 484 g/mol. The molecule has 1 fully saturated rings. The Morgan fingerprint density at radius 3 is 1.72 bits per heavy atom. The van der Waals surface area contributed by atoms with Gasteiger partial charge in [0.1, 0.15) is 11.5 Å². The zero-order valence-corrected chi connectivity index (χ0v) is 20.1. The van der Waals surface area contributed by atoms with E-state index in [0.29, 0.717) is 0 Å². The van der Waals surface area contributed by atoms with Crippen LogP contribution in [0.3, 0.4) is 0 Å². The smallest absolute Gasteiger partial charge is 0.338 e. The quantitative estimate of drug-likeness (QED) is 0.379. The van der Waals surface area contributed by atoms with E-state index >= 15 is 0 Å². The first-order valence-corrected chi connectivity index (χ1v) is 12.0. The van der Waals surface area contributed by atoms with Crippen LogP contribution in [-0.4, -0.2) is 60.0 Å². The number of thioether (sulfide) groups is 1. The fraction of sp³-hybridized carbons (Fsp3) is 0.222. The van der Waals surface area contributed by atoms with E-state index in [1.807, 2.05) is 30.3 Å². The van der Waals surface area contributed by atoms with Gasteiger partial charge in [-0.05, 0) is 36.4 Å². The molecule has 9 heteroatoms. The van der Waals surface area contributed by atoms with Gasteiger partial charge in [-0.25, -0.2) is 14.4 Å². The second kappa shape index (κ2) is 11.9. The molecule has 3 aromatic rings. The number of methoxy groups -OCH3 is 1. The van der Waals surface area contributed by atoms with E-state index in [1.165, 1.54) is 0 Å². The van der Waals surface area contributed by atoms with Crippen molar-refractivity contribution in [2.75, 3.05) is 7.11 Å². The molecule has 0 amide bonds. The lowest BCUT2D eigenvalue weighted by molar-refractivity contribution is -0.211. The number of benzene rings is 3. The summed E-state index contributed by atoms with van der Waals surface area (Å²) in [5.41, 5.74) is -0.522. The highest BCUT2D eigenvalue weighted by Crippen LogP contribution is 2.37. The van der Waals surface area contributed by atoms with Crippen molar-refractivity contribution in [3.05, 3.63) is 102 Å². The maximum Gasteiger partial charge on any atom is 0.338 e. The van der Waals surface area contributed by atoms with Crippen LogP contribution in [0.5, 0.6) is 0 Å². The first-order chi connectivity index (χ1) is 17.5. The zero-order valence-electron chi connectivity index (χ0n) is 19.3.